The molecule has 1 aliphatic heterocycles. The summed E-state index contributed by atoms with van der Waals surface area (Å²) in [4.78, 5) is 6.73. The maximum atomic E-state index is 4.54. The number of aliphatic imine (C=N–C) groups is 1. The largest absolute Gasteiger partial charge is 0.356 e. The van der Waals surface area contributed by atoms with Gasteiger partial charge in [0.25, 0.3) is 0 Å². The van der Waals surface area contributed by atoms with Gasteiger partial charge < -0.3 is 10.2 Å². The van der Waals surface area contributed by atoms with Crippen LogP contribution < -0.4 is 5.32 Å². The van der Waals surface area contributed by atoms with Crippen molar-refractivity contribution in [2.24, 2.45) is 4.99 Å². The van der Waals surface area contributed by atoms with Gasteiger partial charge in [-0.2, -0.15) is 11.3 Å². The number of guanidine groups is 1. The zero-order valence-electron chi connectivity index (χ0n) is 9.48. The van der Waals surface area contributed by atoms with Crippen molar-refractivity contribution in [3.63, 3.8) is 0 Å². The van der Waals surface area contributed by atoms with E-state index in [1.54, 1.807) is 11.3 Å². The summed E-state index contributed by atoms with van der Waals surface area (Å²) in [5.74, 6) is 1.04. The van der Waals surface area contributed by atoms with Crippen molar-refractivity contribution in [3.05, 3.63) is 22.4 Å². The highest BCUT2D eigenvalue weighted by molar-refractivity contribution is 14.0. The zero-order valence-corrected chi connectivity index (χ0v) is 12.6. The molecule has 0 saturated carbocycles. The minimum atomic E-state index is 0. The maximum absolute atomic E-state index is 4.54. The molecule has 2 heterocycles. The second kappa shape index (κ2) is 7.11. The van der Waals surface area contributed by atoms with Crippen molar-refractivity contribution in [2.75, 3.05) is 20.1 Å². The lowest BCUT2D eigenvalue weighted by molar-refractivity contribution is 0.479. The van der Waals surface area contributed by atoms with Gasteiger partial charge >= 0.3 is 0 Å². The minimum Gasteiger partial charge on any atom is -0.356 e. The first-order valence-corrected chi connectivity index (χ1v) is 6.31. The molecule has 1 aromatic rings. The van der Waals surface area contributed by atoms with E-state index in [0.29, 0.717) is 0 Å². The molecule has 0 spiro atoms. The first-order valence-electron chi connectivity index (χ1n) is 5.37. The average Bonchev–Trinajstić information content (AvgIpc) is 2.58. The molecule has 0 bridgehead atoms. The predicted molar refractivity (Wildman–Crippen MR) is 80.7 cm³/mol. The lowest BCUT2D eigenvalue weighted by atomic mass is 10.3. The van der Waals surface area contributed by atoms with E-state index in [2.05, 4.69) is 39.1 Å². The second-order valence-electron chi connectivity index (χ2n) is 3.83. The number of thiophene rings is 1. The molecule has 0 unspecified atom stereocenters. The normalized spacial score (nSPS) is 15.4. The summed E-state index contributed by atoms with van der Waals surface area (Å²) in [6.07, 6.45) is 2.42. The first-order chi connectivity index (χ1) is 7.36. The third kappa shape index (κ3) is 3.93. The van der Waals surface area contributed by atoms with Gasteiger partial charge in [0.05, 0.1) is 0 Å². The van der Waals surface area contributed by atoms with E-state index in [9.17, 15) is 0 Å². The highest BCUT2D eigenvalue weighted by Gasteiger charge is 2.08. The van der Waals surface area contributed by atoms with Gasteiger partial charge in [-0.25, -0.2) is 0 Å². The Bertz CT molecular complexity index is 324. The summed E-state index contributed by atoms with van der Waals surface area (Å²) >= 11 is 1.75. The van der Waals surface area contributed by atoms with Crippen molar-refractivity contribution in [1.29, 1.82) is 0 Å². The van der Waals surface area contributed by atoms with E-state index in [-0.39, 0.29) is 24.0 Å². The number of halogens is 1. The number of hydrogen-bond donors (Lipinski definition) is 1. The average molecular weight is 351 g/mol. The minimum absolute atomic E-state index is 0. The lowest BCUT2D eigenvalue weighted by Gasteiger charge is -2.20. The van der Waals surface area contributed by atoms with E-state index in [4.69, 9.17) is 0 Å². The molecule has 1 N–H and O–H groups in total. The Balaban J connectivity index is 0.00000128. The molecule has 2 rings (SSSR count). The van der Waals surface area contributed by atoms with Gasteiger partial charge in [-0.3, -0.25) is 4.99 Å². The van der Waals surface area contributed by atoms with Gasteiger partial charge in [-0.1, -0.05) is 0 Å². The summed E-state index contributed by atoms with van der Waals surface area (Å²) in [5.41, 5.74) is 1.36. The Morgan fingerprint density at radius 3 is 3.12 bits per heavy atom. The molecule has 0 fully saturated rings. The van der Waals surface area contributed by atoms with Crippen LogP contribution in [0.15, 0.2) is 21.8 Å². The van der Waals surface area contributed by atoms with E-state index < -0.39 is 0 Å². The monoisotopic (exact) mass is 351 g/mol. The van der Waals surface area contributed by atoms with E-state index in [1.807, 2.05) is 0 Å². The maximum Gasteiger partial charge on any atom is 0.193 e. The summed E-state index contributed by atoms with van der Waals surface area (Å²) in [7, 11) is 2.09. The Kier molecular flexibility index (Phi) is 6.12. The van der Waals surface area contributed by atoms with Crippen molar-refractivity contribution in [2.45, 2.75) is 19.4 Å². The fourth-order valence-corrected chi connectivity index (χ4v) is 2.32. The van der Waals surface area contributed by atoms with Crippen LogP contribution in [-0.2, 0) is 6.54 Å². The molecule has 0 aliphatic carbocycles. The molecule has 0 atom stereocenters. The Morgan fingerprint density at radius 2 is 2.38 bits per heavy atom. The van der Waals surface area contributed by atoms with Crippen LogP contribution in [0.1, 0.15) is 18.4 Å². The second-order valence-corrected chi connectivity index (χ2v) is 4.61. The zero-order chi connectivity index (χ0) is 10.5. The van der Waals surface area contributed by atoms with Crippen LogP contribution in [-0.4, -0.2) is 31.0 Å². The van der Waals surface area contributed by atoms with Crippen LogP contribution in [0.25, 0.3) is 0 Å². The summed E-state index contributed by atoms with van der Waals surface area (Å²) in [5, 5.41) is 7.68. The molecule has 1 aliphatic rings. The van der Waals surface area contributed by atoms with Crippen molar-refractivity contribution in [3.8, 4) is 0 Å². The van der Waals surface area contributed by atoms with Crippen LogP contribution in [0.5, 0.6) is 0 Å². The fourth-order valence-electron chi connectivity index (χ4n) is 1.66. The van der Waals surface area contributed by atoms with E-state index in [1.165, 1.54) is 18.4 Å². The van der Waals surface area contributed by atoms with Crippen molar-refractivity contribution < 1.29 is 0 Å². The van der Waals surface area contributed by atoms with Crippen LogP contribution in [0.3, 0.4) is 0 Å². The molecule has 5 heteroatoms. The Morgan fingerprint density at radius 1 is 1.50 bits per heavy atom. The first kappa shape index (κ1) is 13.8. The number of nitrogens with zero attached hydrogens (tertiary/aromatic N) is 2. The molecule has 3 nitrogen and oxygen atoms in total. The molecular weight excluding hydrogens is 333 g/mol. The predicted octanol–water partition coefficient (Wildman–Crippen LogP) is 2.54. The molecule has 16 heavy (non-hydrogen) atoms. The van der Waals surface area contributed by atoms with Crippen LogP contribution >= 0.6 is 35.3 Å². The molecule has 0 saturated heterocycles. The number of hydrogen-bond acceptors (Lipinski definition) is 4. The lowest BCUT2D eigenvalue weighted by Crippen LogP contribution is -2.38. The van der Waals surface area contributed by atoms with Crippen molar-refractivity contribution in [1.82, 2.24) is 10.2 Å². The molecule has 1 aromatic heterocycles. The van der Waals surface area contributed by atoms with E-state index >= 15 is 0 Å². The Labute approximate surface area is 118 Å². The third-order valence-electron chi connectivity index (χ3n) is 2.49. The molecule has 90 valence electrons. The smallest absolute Gasteiger partial charge is 0.193 e. The highest BCUT2D eigenvalue weighted by atomic mass is 127. The van der Waals surface area contributed by atoms with Gasteiger partial charge in [-0.15, -0.1) is 24.0 Å². The molecule has 0 amide bonds. The van der Waals surface area contributed by atoms with Gasteiger partial charge in [0.1, 0.15) is 0 Å². The summed E-state index contributed by atoms with van der Waals surface area (Å²) in [6, 6.07) is 2.17. The highest BCUT2D eigenvalue weighted by Crippen LogP contribution is 2.09. The molecule has 0 radical (unpaired) electrons. The SMILES string of the molecule is CN(Cc1ccsc1)C1=NCCCCN1.I. The summed E-state index contributed by atoms with van der Waals surface area (Å²) < 4.78 is 0. The van der Waals surface area contributed by atoms with Crippen LogP contribution in [0.2, 0.25) is 0 Å². The van der Waals surface area contributed by atoms with Crippen LogP contribution in [0, 0.1) is 0 Å². The quantitative estimate of drug-likeness (QED) is 0.830. The third-order valence-corrected chi connectivity index (χ3v) is 3.22. The van der Waals surface area contributed by atoms with Crippen LogP contribution in [0.4, 0.5) is 0 Å². The molecule has 0 aromatic carbocycles. The Hall–Kier alpha value is -0.300. The topological polar surface area (TPSA) is 27.6 Å². The van der Waals surface area contributed by atoms with E-state index in [0.717, 1.165) is 25.6 Å². The van der Waals surface area contributed by atoms with Gasteiger partial charge in [0.15, 0.2) is 5.96 Å². The van der Waals surface area contributed by atoms with Gasteiger partial charge in [-0.05, 0) is 35.2 Å². The van der Waals surface area contributed by atoms with Gasteiger partial charge in [0.2, 0.25) is 0 Å². The fraction of sp³-hybridized carbons (Fsp3) is 0.545. The van der Waals surface area contributed by atoms with Gasteiger partial charge in [0, 0.05) is 26.7 Å². The number of rotatable bonds is 2. The van der Waals surface area contributed by atoms with Crippen molar-refractivity contribution >= 4 is 41.3 Å². The molecular formula is C11H18IN3S. The summed E-state index contributed by atoms with van der Waals surface area (Å²) in [6.45, 7) is 2.94. The standard InChI is InChI=1S/C11H17N3S.HI/c1-14(8-10-4-7-15-9-10)11-12-5-2-3-6-13-11;/h4,7,9H,2-3,5-6,8H2,1H3,(H,12,13);1H. The number of nitrogens with one attached hydrogen (secondary N) is 1.